The minimum absolute atomic E-state index is 0.0819. The first-order valence-electron chi connectivity index (χ1n) is 4.49. The van der Waals surface area contributed by atoms with Crippen LogP contribution in [-0.4, -0.2) is 11.7 Å². The fourth-order valence-electron chi connectivity index (χ4n) is 0.988. The summed E-state index contributed by atoms with van der Waals surface area (Å²) in [7, 11) is 0. The van der Waals surface area contributed by atoms with Crippen LogP contribution in [0.1, 0.15) is 19.4 Å². The van der Waals surface area contributed by atoms with Crippen LogP contribution in [-0.2, 0) is 0 Å². The molecule has 0 saturated heterocycles. The topological polar surface area (TPSA) is 53.2 Å². The maximum Gasteiger partial charge on any atom is 0.137 e. The number of aromatic hydroxyl groups is 1. The zero-order valence-electron chi connectivity index (χ0n) is 8.32. The van der Waals surface area contributed by atoms with Crippen LogP contribution in [0.25, 0.3) is 0 Å². The third-order valence-electron chi connectivity index (χ3n) is 1.66. The molecule has 0 aromatic heterocycles. The van der Waals surface area contributed by atoms with Gasteiger partial charge >= 0.3 is 0 Å². The second-order valence-electron chi connectivity index (χ2n) is 3.50. The van der Waals surface area contributed by atoms with Gasteiger partial charge in [0.25, 0.3) is 0 Å². The Balaban J connectivity index is 2.82. The van der Waals surface area contributed by atoms with Crippen molar-refractivity contribution in [2.75, 3.05) is 6.61 Å². The van der Waals surface area contributed by atoms with E-state index in [4.69, 9.17) is 15.1 Å². The van der Waals surface area contributed by atoms with Gasteiger partial charge in [-0.05, 0) is 18.1 Å². The highest BCUT2D eigenvalue weighted by molar-refractivity contribution is 5.47. The second-order valence-corrected chi connectivity index (χ2v) is 3.50. The maximum absolute atomic E-state index is 9.14. The van der Waals surface area contributed by atoms with Crippen LogP contribution in [0.15, 0.2) is 18.2 Å². The van der Waals surface area contributed by atoms with E-state index in [1.807, 2.05) is 19.9 Å². The Kier molecular flexibility index (Phi) is 3.35. The number of rotatable bonds is 3. The Morgan fingerprint density at radius 3 is 2.79 bits per heavy atom. The number of nitriles is 1. The van der Waals surface area contributed by atoms with E-state index in [0.717, 1.165) is 0 Å². The lowest BCUT2D eigenvalue weighted by atomic mass is 10.2. The molecule has 0 aliphatic rings. The van der Waals surface area contributed by atoms with E-state index in [1.54, 1.807) is 6.07 Å². The van der Waals surface area contributed by atoms with Crippen LogP contribution < -0.4 is 4.74 Å². The van der Waals surface area contributed by atoms with Crippen molar-refractivity contribution in [2.24, 2.45) is 5.92 Å². The lowest BCUT2D eigenvalue weighted by Crippen LogP contribution is -2.05. The molecule has 3 nitrogen and oxygen atoms in total. The molecular weight excluding hydrogens is 178 g/mol. The molecule has 1 aromatic carbocycles. The molecule has 0 fully saturated rings. The standard InChI is InChI=1S/C11H13NO2/c1-8(2)7-14-11-4-3-10(13)5-9(11)6-12/h3-5,8,13H,7H2,1-2H3. The van der Waals surface area contributed by atoms with Gasteiger partial charge < -0.3 is 9.84 Å². The fraction of sp³-hybridized carbons (Fsp3) is 0.364. The highest BCUT2D eigenvalue weighted by Gasteiger charge is 2.04. The van der Waals surface area contributed by atoms with E-state index in [-0.39, 0.29) is 5.75 Å². The largest absolute Gasteiger partial charge is 0.508 e. The van der Waals surface area contributed by atoms with E-state index in [1.165, 1.54) is 12.1 Å². The molecule has 14 heavy (non-hydrogen) atoms. The molecule has 0 aliphatic carbocycles. The molecule has 0 atom stereocenters. The minimum Gasteiger partial charge on any atom is -0.508 e. The first-order chi connectivity index (χ1) is 6.63. The summed E-state index contributed by atoms with van der Waals surface area (Å²) < 4.78 is 5.41. The second kappa shape index (κ2) is 4.52. The number of benzene rings is 1. The predicted octanol–water partition coefficient (Wildman–Crippen LogP) is 2.30. The summed E-state index contributed by atoms with van der Waals surface area (Å²) >= 11 is 0. The number of nitrogens with zero attached hydrogens (tertiary/aromatic N) is 1. The average molecular weight is 191 g/mol. The van der Waals surface area contributed by atoms with Crippen molar-refractivity contribution < 1.29 is 9.84 Å². The first-order valence-corrected chi connectivity index (χ1v) is 4.49. The van der Waals surface area contributed by atoms with Crippen LogP contribution in [0.4, 0.5) is 0 Å². The summed E-state index contributed by atoms with van der Waals surface area (Å²) in [5.74, 6) is 1.02. The van der Waals surface area contributed by atoms with Crippen LogP contribution in [0.5, 0.6) is 11.5 Å². The van der Waals surface area contributed by atoms with Crippen LogP contribution in [0.3, 0.4) is 0 Å². The van der Waals surface area contributed by atoms with E-state index in [9.17, 15) is 0 Å². The third-order valence-corrected chi connectivity index (χ3v) is 1.66. The summed E-state index contributed by atoms with van der Waals surface area (Å²) in [5.41, 5.74) is 0.366. The molecule has 0 aliphatic heterocycles. The van der Waals surface area contributed by atoms with Crippen molar-refractivity contribution in [2.45, 2.75) is 13.8 Å². The SMILES string of the molecule is CC(C)COc1ccc(O)cc1C#N. The zero-order chi connectivity index (χ0) is 10.6. The minimum atomic E-state index is 0.0819. The highest BCUT2D eigenvalue weighted by Crippen LogP contribution is 2.22. The molecular formula is C11H13NO2. The number of hydrogen-bond acceptors (Lipinski definition) is 3. The van der Waals surface area contributed by atoms with Gasteiger partial charge in [0.1, 0.15) is 17.6 Å². The summed E-state index contributed by atoms with van der Waals surface area (Å²) in [4.78, 5) is 0. The smallest absolute Gasteiger partial charge is 0.137 e. The van der Waals surface area contributed by atoms with E-state index in [0.29, 0.717) is 23.8 Å². The van der Waals surface area contributed by atoms with Gasteiger partial charge in [-0.1, -0.05) is 13.8 Å². The maximum atomic E-state index is 9.14. The molecule has 0 saturated carbocycles. The molecule has 1 aromatic rings. The van der Waals surface area contributed by atoms with Crippen molar-refractivity contribution in [1.82, 2.24) is 0 Å². The zero-order valence-corrected chi connectivity index (χ0v) is 8.32. The number of hydrogen-bond donors (Lipinski definition) is 1. The van der Waals surface area contributed by atoms with E-state index < -0.39 is 0 Å². The van der Waals surface area contributed by atoms with Gasteiger partial charge in [-0.25, -0.2) is 0 Å². The molecule has 1 N–H and O–H groups in total. The monoisotopic (exact) mass is 191 g/mol. The highest BCUT2D eigenvalue weighted by atomic mass is 16.5. The molecule has 3 heteroatoms. The van der Waals surface area contributed by atoms with Crippen LogP contribution >= 0.6 is 0 Å². The van der Waals surface area contributed by atoms with Gasteiger partial charge in [0.15, 0.2) is 0 Å². The molecule has 0 bridgehead atoms. The predicted molar refractivity (Wildman–Crippen MR) is 53.2 cm³/mol. The van der Waals surface area contributed by atoms with Gasteiger partial charge in [0, 0.05) is 6.07 Å². The normalized spacial score (nSPS) is 9.86. The average Bonchev–Trinajstić information content (AvgIpc) is 2.15. The lowest BCUT2D eigenvalue weighted by molar-refractivity contribution is 0.270. The van der Waals surface area contributed by atoms with Gasteiger partial charge in [0.2, 0.25) is 0 Å². The Labute approximate surface area is 83.6 Å². The molecule has 0 radical (unpaired) electrons. The van der Waals surface area contributed by atoms with Crippen molar-refractivity contribution in [3.8, 4) is 17.6 Å². The van der Waals surface area contributed by atoms with Crippen LogP contribution in [0, 0.1) is 17.2 Å². The lowest BCUT2D eigenvalue weighted by Gasteiger charge is -2.09. The Bertz CT molecular complexity index is 353. The van der Waals surface area contributed by atoms with Crippen LogP contribution in [0.2, 0.25) is 0 Å². The van der Waals surface area contributed by atoms with Crippen molar-refractivity contribution in [1.29, 1.82) is 5.26 Å². The summed E-state index contributed by atoms with van der Waals surface area (Å²) in [5, 5.41) is 17.9. The van der Waals surface area contributed by atoms with Gasteiger partial charge in [-0.2, -0.15) is 5.26 Å². The number of phenolic OH excluding ortho intramolecular Hbond substituents is 1. The number of phenols is 1. The van der Waals surface area contributed by atoms with E-state index in [2.05, 4.69) is 0 Å². The molecule has 74 valence electrons. The molecule has 1 rings (SSSR count). The Morgan fingerprint density at radius 2 is 2.21 bits per heavy atom. The molecule has 0 heterocycles. The summed E-state index contributed by atoms with van der Waals surface area (Å²) in [6, 6.07) is 6.49. The molecule has 0 spiro atoms. The van der Waals surface area contributed by atoms with Crippen molar-refractivity contribution in [3.63, 3.8) is 0 Å². The Hall–Kier alpha value is -1.69. The van der Waals surface area contributed by atoms with Crippen molar-refractivity contribution >= 4 is 0 Å². The van der Waals surface area contributed by atoms with Gasteiger partial charge in [-0.3, -0.25) is 0 Å². The van der Waals surface area contributed by atoms with Gasteiger partial charge in [0.05, 0.1) is 12.2 Å². The van der Waals surface area contributed by atoms with Crippen molar-refractivity contribution in [3.05, 3.63) is 23.8 Å². The summed E-state index contributed by atoms with van der Waals surface area (Å²) in [6.07, 6.45) is 0. The third kappa shape index (κ3) is 2.67. The first kappa shape index (κ1) is 10.4. The van der Waals surface area contributed by atoms with E-state index >= 15 is 0 Å². The van der Waals surface area contributed by atoms with Gasteiger partial charge in [-0.15, -0.1) is 0 Å². The number of ether oxygens (including phenoxy) is 1. The summed E-state index contributed by atoms with van der Waals surface area (Å²) in [6.45, 7) is 4.64. The quantitative estimate of drug-likeness (QED) is 0.797. The Morgan fingerprint density at radius 1 is 1.50 bits per heavy atom. The molecule has 0 unspecified atom stereocenters. The molecule has 0 amide bonds. The fourth-order valence-corrected chi connectivity index (χ4v) is 0.988.